The van der Waals surface area contributed by atoms with Gasteiger partial charge in [-0.15, -0.1) is 0 Å². The summed E-state index contributed by atoms with van der Waals surface area (Å²) in [6.45, 7) is 1.95. The van der Waals surface area contributed by atoms with Crippen molar-refractivity contribution < 1.29 is 9.53 Å². The number of fused-ring (bicyclic) bond motifs is 1. The van der Waals surface area contributed by atoms with Gasteiger partial charge in [0.05, 0.1) is 6.54 Å². The maximum Gasteiger partial charge on any atom is 0.332 e. The summed E-state index contributed by atoms with van der Waals surface area (Å²) in [4.78, 5) is 44.2. The van der Waals surface area contributed by atoms with Gasteiger partial charge in [-0.1, -0.05) is 36.8 Å². The zero-order chi connectivity index (χ0) is 21.3. The molecule has 1 aromatic carbocycles. The van der Waals surface area contributed by atoms with E-state index in [0.29, 0.717) is 5.56 Å². The lowest BCUT2D eigenvalue weighted by atomic mass is 10.1. The second-order valence-electron chi connectivity index (χ2n) is 7.62. The normalized spacial score (nSPS) is 15.9. The van der Waals surface area contributed by atoms with Crippen molar-refractivity contribution in [2.24, 2.45) is 14.1 Å². The lowest BCUT2D eigenvalue weighted by Crippen LogP contribution is -2.38. The molecule has 1 aliphatic heterocycles. The number of imidazole rings is 1. The number of nitrogens with zero attached hydrogens (tertiary/aromatic N) is 5. The third kappa shape index (κ3) is 3.68. The number of hydrogen-bond acceptors (Lipinski definition) is 6. The van der Waals surface area contributed by atoms with E-state index in [4.69, 9.17) is 4.74 Å². The van der Waals surface area contributed by atoms with Crippen LogP contribution in [0.5, 0.6) is 0 Å². The summed E-state index contributed by atoms with van der Waals surface area (Å²) in [5, 5.41) is 0. The fourth-order valence-corrected chi connectivity index (χ4v) is 3.91. The summed E-state index contributed by atoms with van der Waals surface area (Å²) in [6.07, 6.45) is 3.91. The number of aromatic nitrogens is 4. The fraction of sp³-hybridized carbons (Fsp3) is 0.429. The molecule has 1 saturated heterocycles. The first-order valence-corrected chi connectivity index (χ1v) is 10.1. The second kappa shape index (κ2) is 8.27. The molecule has 4 rings (SSSR count). The molecule has 1 fully saturated rings. The highest BCUT2D eigenvalue weighted by atomic mass is 16.6. The lowest BCUT2D eigenvalue weighted by Gasteiger charge is -2.27. The molecule has 3 aromatic rings. The quantitative estimate of drug-likeness (QED) is 0.582. The molecule has 9 nitrogen and oxygen atoms in total. The van der Waals surface area contributed by atoms with Crippen molar-refractivity contribution in [3.05, 3.63) is 63.1 Å². The van der Waals surface area contributed by atoms with E-state index in [0.717, 1.165) is 30.5 Å². The molecule has 9 heteroatoms. The Bertz CT molecular complexity index is 1170. The molecule has 0 saturated carbocycles. The summed E-state index contributed by atoms with van der Waals surface area (Å²) in [6, 6.07) is 9.21. The van der Waals surface area contributed by atoms with Crippen LogP contribution in [0, 0.1) is 0 Å². The van der Waals surface area contributed by atoms with Crippen LogP contribution in [0.15, 0.2) is 46.2 Å². The first-order chi connectivity index (χ1) is 14.5. The van der Waals surface area contributed by atoms with Crippen LogP contribution in [0.25, 0.3) is 11.2 Å². The number of hydrogen-bond donors (Lipinski definition) is 0. The minimum absolute atomic E-state index is 0.201. The summed E-state index contributed by atoms with van der Waals surface area (Å²) < 4.78 is 9.73. The molecule has 30 heavy (non-hydrogen) atoms. The smallest absolute Gasteiger partial charge is 0.332 e. The minimum Gasteiger partial charge on any atom is -0.436 e. The predicted molar refractivity (Wildman–Crippen MR) is 111 cm³/mol. The van der Waals surface area contributed by atoms with Gasteiger partial charge in [-0.25, -0.2) is 9.78 Å². The first-order valence-electron chi connectivity index (χ1n) is 10.1. The van der Waals surface area contributed by atoms with Crippen molar-refractivity contribution in [1.82, 2.24) is 23.6 Å². The van der Waals surface area contributed by atoms with Gasteiger partial charge in [-0.2, -0.15) is 0 Å². The predicted octanol–water partition coefficient (Wildman–Crippen LogP) is 1.01. The Morgan fingerprint density at radius 1 is 1.07 bits per heavy atom. The van der Waals surface area contributed by atoms with Crippen molar-refractivity contribution in [2.75, 3.05) is 19.6 Å². The van der Waals surface area contributed by atoms with Gasteiger partial charge in [0.1, 0.15) is 6.33 Å². The van der Waals surface area contributed by atoms with E-state index in [2.05, 4.69) is 9.88 Å². The van der Waals surface area contributed by atoms with E-state index in [1.807, 2.05) is 30.3 Å². The highest BCUT2D eigenvalue weighted by Gasteiger charge is 2.25. The van der Waals surface area contributed by atoms with Crippen LogP contribution in [0.4, 0.5) is 0 Å². The molecule has 0 radical (unpaired) electrons. The topological polar surface area (TPSA) is 91.4 Å². The van der Waals surface area contributed by atoms with Crippen LogP contribution in [-0.4, -0.2) is 49.2 Å². The Labute approximate surface area is 173 Å². The Balaban J connectivity index is 1.75. The number of ether oxygens (including phenoxy) is 1. The largest absolute Gasteiger partial charge is 0.436 e. The van der Waals surface area contributed by atoms with Gasteiger partial charge in [-0.05, 0) is 25.9 Å². The van der Waals surface area contributed by atoms with Crippen LogP contribution in [-0.2, 0) is 23.6 Å². The number of esters is 1. The molecule has 0 bridgehead atoms. The van der Waals surface area contributed by atoms with Crippen molar-refractivity contribution in [1.29, 1.82) is 0 Å². The van der Waals surface area contributed by atoms with Crippen molar-refractivity contribution >= 4 is 17.1 Å². The molecule has 158 valence electrons. The van der Waals surface area contributed by atoms with E-state index in [9.17, 15) is 14.4 Å². The van der Waals surface area contributed by atoms with Crippen molar-refractivity contribution in [3.8, 4) is 0 Å². The van der Waals surface area contributed by atoms with Gasteiger partial charge < -0.3 is 4.74 Å². The van der Waals surface area contributed by atoms with Gasteiger partial charge >= 0.3 is 11.7 Å². The second-order valence-corrected chi connectivity index (χ2v) is 7.62. The van der Waals surface area contributed by atoms with Crippen LogP contribution >= 0.6 is 0 Å². The third-order valence-corrected chi connectivity index (χ3v) is 5.56. The highest BCUT2D eigenvalue weighted by molar-refractivity contribution is 5.73. The number of piperidine rings is 1. The van der Waals surface area contributed by atoms with Gasteiger partial charge in [0.15, 0.2) is 11.2 Å². The molecule has 0 aliphatic carbocycles. The summed E-state index contributed by atoms with van der Waals surface area (Å²) >= 11 is 0. The Hall–Kier alpha value is -3.20. The SMILES string of the molecule is Cn1c(=O)c2c(ncn2C(OC(=O)CN2CCCCC2)c2ccccc2)n(C)c1=O. The lowest BCUT2D eigenvalue weighted by molar-refractivity contribution is -0.152. The molecule has 3 heterocycles. The Morgan fingerprint density at radius 3 is 2.47 bits per heavy atom. The summed E-state index contributed by atoms with van der Waals surface area (Å²) in [5.41, 5.74) is 0.213. The number of rotatable bonds is 5. The number of benzene rings is 1. The van der Waals surface area contributed by atoms with E-state index < -0.39 is 17.5 Å². The average molecular weight is 411 g/mol. The molecule has 1 atom stereocenters. The van der Waals surface area contributed by atoms with Gasteiger partial charge in [-0.3, -0.25) is 28.2 Å². The number of carbonyl (C=O) groups excluding carboxylic acids is 1. The number of aryl methyl sites for hydroxylation is 1. The van der Waals surface area contributed by atoms with Gasteiger partial charge in [0, 0.05) is 19.7 Å². The van der Waals surface area contributed by atoms with E-state index in [1.54, 1.807) is 7.05 Å². The van der Waals surface area contributed by atoms with Gasteiger partial charge in [0.25, 0.3) is 5.56 Å². The van der Waals surface area contributed by atoms with Crippen molar-refractivity contribution in [2.45, 2.75) is 25.5 Å². The molecule has 2 aromatic heterocycles. The van der Waals surface area contributed by atoms with Crippen LogP contribution < -0.4 is 11.2 Å². The number of likely N-dealkylation sites (tertiary alicyclic amines) is 1. The highest BCUT2D eigenvalue weighted by Crippen LogP contribution is 2.23. The summed E-state index contributed by atoms with van der Waals surface area (Å²) in [7, 11) is 2.97. The zero-order valence-electron chi connectivity index (χ0n) is 17.2. The Kier molecular flexibility index (Phi) is 5.54. The van der Waals surface area contributed by atoms with Crippen LogP contribution in [0.1, 0.15) is 31.1 Å². The molecular formula is C21H25N5O4. The molecular weight excluding hydrogens is 386 g/mol. The zero-order valence-corrected chi connectivity index (χ0v) is 17.2. The van der Waals surface area contributed by atoms with E-state index >= 15 is 0 Å². The maximum absolute atomic E-state index is 12.9. The standard InChI is InChI=1S/C21H25N5O4/c1-23-18-17(19(28)24(2)21(23)29)26(14-22-18)20(15-9-5-3-6-10-15)30-16(27)13-25-11-7-4-8-12-25/h3,5-6,9-10,14,20H,4,7-8,11-13H2,1-2H3. The molecule has 1 aliphatic rings. The van der Waals surface area contributed by atoms with Crippen LogP contribution in [0.3, 0.4) is 0 Å². The maximum atomic E-state index is 12.9. The van der Waals surface area contributed by atoms with E-state index in [-0.39, 0.29) is 23.7 Å². The average Bonchev–Trinajstić information content (AvgIpc) is 3.21. The molecule has 0 N–H and O–H groups in total. The minimum atomic E-state index is -0.862. The molecule has 0 spiro atoms. The fourth-order valence-electron chi connectivity index (χ4n) is 3.91. The van der Waals surface area contributed by atoms with Crippen molar-refractivity contribution in [3.63, 3.8) is 0 Å². The number of carbonyl (C=O) groups is 1. The third-order valence-electron chi connectivity index (χ3n) is 5.56. The first kappa shape index (κ1) is 20.1. The molecule has 1 unspecified atom stereocenters. The molecule has 0 amide bonds. The summed E-state index contributed by atoms with van der Waals surface area (Å²) in [5.74, 6) is -0.366. The van der Waals surface area contributed by atoms with Gasteiger partial charge in [0.2, 0.25) is 6.23 Å². The monoisotopic (exact) mass is 411 g/mol. The Morgan fingerprint density at radius 2 is 1.77 bits per heavy atom. The van der Waals surface area contributed by atoms with Crippen LogP contribution in [0.2, 0.25) is 0 Å². The van der Waals surface area contributed by atoms with E-state index in [1.165, 1.54) is 28.9 Å².